The average molecular weight is 504 g/mol. The standard InChI is InChI=1S/C24H23ClINO/c1-3-18-9-11-19(12-10-18)15-17(2)26-27-23-14-13-21(25)16-22(23)24(28)20-7-5-4-6-8-20/h4-14,16,27H,3,15H2,1-2H3. The molecule has 3 aromatic carbocycles. The molecule has 0 spiro atoms. The minimum absolute atomic E-state index is 0.0117. The summed E-state index contributed by atoms with van der Waals surface area (Å²) in [6.45, 7) is 4.35. The Bertz CT molecular complexity index is 981. The van der Waals surface area contributed by atoms with Crippen LogP contribution in [-0.2, 0) is 12.8 Å². The van der Waals surface area contributed by atoms with Crippen LogP contribution in [0, 0.1) is 0 Å². The van der Waals surface area contributed by atoms with Gasteiger partial charge in [-0.3, -0.25) is 4.79 Å². The second-order valence-electron chi connectivity index (χ2n) is 6.60. The number of ketones is 1. The van der Waals surface area contributed by atoms with E-state index >= 15 is 0 Å². The van der Waals surface area contributed by atoms with Crippen LogP contribution in [-0.4, -0.2) is 9.29 Å². The van der Waals surface area contributed by atoms with Crippen molar-refractivity contribution in [2.45, 2.75) is 26.7 Å². The Kier molecular flexibility index (Phi) is 7.40. The number of rotatable bonds is 7. The molecule has 4 heteroatoms. The largest absolute Gasteiger partial charge is 0.333 e. The Morgan fingerprint density at radius 2 is 1.64 bits per heavy atom. The zero-order chi connectivity index (χ0) is 19.9. The predicted molar refractivity (Wildman–Crippen MR) is 129 cm³/mol. The Balaban J connectivity index is 1.78. The number of carbonyl (C=O) groups is 1. The summed E-state index contributed by atoms with van der Waals surface area (Å²) in [6.07, 6.45) is 2.02. The first kappa shape index (κ1) is 20.7. The van der Waals surface area contributed by atoms with Crippen molar-refractivity contribution in [2.24, 2.45) is 0 Å². The Morgan fingerprint density at radius 1 is 0.964 bits per heavy atom. The molecular formula is C24H23ClINO. The molecule has 0 radical (unpaired) electrons. The molecule has 0 saturated carbocycles. The van der Waals surface area contributed by atoms with Gasteiger partial charge in [0.05, 0.1) is 5.69 Å². The SMILES string of the molecule is CCc1ccc(CC(C)=INc2ccc(Cl)cc2C(=O)c2ccccc2)cc1. The minimum Gasteiger partial charge on any atom is -0.333 e. The first-order valence-electron chi connectivity index (χ1n) is 9.26. The van der Waals surface area contributed by atoms with Gasteiger partial charge in [-0.05, 0) is 67.2 Å². The molecule has 144 valence electrons. The number of hydrogen-bond donors (Lipinski definition) is 1. The van der Waals surface area contributed by atoms with E-state index in [2.05, 4.69) is 41.6 Å². The smallest absolute Gasteiger partial charge is 0.195 e. The zero-order valence-electron chi connectivity index (χ0n) is 16.0. The summed E-state index contributed by atoms with van der Waals surface area (Å²) < 4.78 is 4.94. The number of halogens is 2. The van der Waals surface area contributed by atoms with Gasteiger partial charge in [-0.25, -0.2) is 0 Å². The first-order chi connectivity index (χ1) is 13.6. The van der Waals surface area contributed by atoms with Crippen molar-refractivity contribution >= 4 is 47.6 Å². The fourth-order valence-electron chi connectivity index (χ4n) is 2.87. The summed E-state index contributed by atoms with van der Waals surface area (Å²) in [4.78, 5) is 12.9. The minimum atomic E-state index is -0.405. The molecule has 0 amide bonds. The molecule has 0 unspecified atom stereocenters. The quantitative estimate of drug-likeness (QED) is 0.217. The van der Waals surface area contributed by atoms with Gasteiger partial charge in [0.2, 0.25) is 0 Å². The van der Waals surface area contributed by atoms with Gasteiger partial charge in [-0.15, -0.1) is 0 Å². The van der Waals surface area contributed by atoms with E-state index < -0.39 is 21.0 Å². The normalized spacial score (nSPS) is 11.6. The van der Waals surface area contributed by atoms with Crippen LogP contribution in [0.1, 0.15) is 40.9 Å². The lowest BCUT2D eigenvalue weighted by molar-refractivity contribution is 0.103. The lowest BCUT2D eigenvalue weighted by atomic mass is 10.0. The van der Waals surface area contributed by atoms with Crippen LogP contribution >= 0.6 is 32.6 Å². The van der Waals surface area contributed by atoms with Gasteiger partial charge in [0.25, 0.3) is 0 Å². The second-order valence-corrected chi connectivity index (χ2v) is 9.95. The Labute approximate surface area is 182 Å². The van der Waals surface area contributed by atoms with Crippen molar-refractivity contribution < 1.29 is 4.79 Å². The van der Waals surface area contributed by atoms with Crippen molar-refractivity contribution in [3.05, 3.63) is 100 Å². The van der Waals surface area contributed by atoms with E-state index in [1.165, 1.54) is 14.6 Å². The number of hydrogen-bond acceptors (Lipinski definition) is 2. The summed E-state index contributed by atoms with van der Waals surface area (Å²) in [5.74, 6) is -0.0117. The zero-order valence-corrected chi connectivity index (χ0v) is 18.9. The van der Waals surface area contributed by atoms with Gasteiger partial charge in [-0.1, -0.05) is 73.1 Å². The molecule has 3 aromatic rings. The van der Waals surface area contributed by atoms with Gasteiger partial charge in [0.15, 0.2) is 5.78 Å². The van der Waals surface area contributed by atoms with E-state index in [0.717, 1.165) is 18.5 Å². The number of carbonyl (C=O) groups excluding carboxylic acids is 1. The molecule has 3 rings (SSSR count). The summed E-state index contributed by atoms with van der Waals surface area (Å²) >= 11 is 5.76. The maximum atomic E-state index is 12.9. The van der Waals surface area contributed by atoms with E-state index in [0.29, 0.717) is 16.1 Å². The number of aryl methyl sites for hydroxylation is 1. The molecule has 0 fully saturated rings. The maximum Gasteiger partial charge on any atom is 0.195 e. The average Bonchev–Trinajstić information content (AvgIpc) is 2.73. The van der Waals surface area contributed by atoms with E-state index in [1.54, 1.807) is 6.07 Å². The van der Waals surface area contributed by atoms with Crippen LogP contribution < -0.4 is 3.53 Å². The highest BCUT2D eigenvalue weighted by atomic mass is 127. The number of nitrogens with one attached hydrogen (secondary N) is 1. The van der Waals surface area contributed by atoms with Crippen LogP contribution in [0.5, 0.6) is 0 Å². The van der Waals surface area contributed by atoms with Crippen molar-refractivity contribution in [2.75, 3.05) is 3.53 Å². The predicted octanol–water partition coefficient (Wildman–Crippen LogP) is 6.87. The van der Waals surface area contributed by atoms with Gasteiger partial charge in [0.1, 0.15) is 0 Å². The molecule has 0 aliphatic carbocycles. The monoisotopic (exact) mass is 503 g/mol. The molecule has 0 saturated heterocycles. The molecule has 0 bridgehead atoms. The highest BCUT2D eigenvalue weighted by Crippen LogP contribution is 2.26. The van der Waals surface area contributed by atoms with Crippen LogP contribution in [0.15, 0.2) is 72.8 Å². The highest BCUT2D eigenvalue weighted by molar-refractivity contribution is 14.2. The lowest BCUT2D eigenvalue weighted by Crippen LogP contribution is -2.04. The van der Waals surface area contributed by atoms with Crippen LogP contribution in [0.4, 0.5) is 5.69 Å². The highest BCUT2D eigenvalue weighted by Gasteiger charge is 2.14. The summed E-state index contributed by atoms with van der Waals surface area (Å²) in [7, 11) is 0. The van der Waals surface area contributed by atoms with Crippen LogP contribution in [0.25, 0.3) is 0 Å². The molecular weight excluding hydrogens is 481 g/mol. The van der Waals surface area contributed by atoms with Crippen molar-refractivity contribution in [1.29, 1.82) is 0 Å². The Hall–Kier alpha value is -1.98. The van der Waals surface area contributed by atoms with E-state index in [-0.39, 0.29) is 5.78 Å². The fraction of sp³-hybridized carbons (Fsp3) is 0.167. The van der Waals surface area contributed by atoms with E-state index in [1.807, 2.05) is 42.5 Å². The molecule has 2 nitrogen and oxygen atoms in total. The van der Waals surface area contributed by atoms with E-state index in [9.17, 15) is 4.79 Å². The van der Waals surface area contributed by atoms with Crippen LogP contribution in [0.3, 0.4) is 0 Å². The molecule has 0 aliphatic rings. The maximum absolute atomic E-state index is 12.9. The molecule has 0 aromatic heterocycles. The topological polar surface area (TPSA) is 29.1 Å². The number of anilines is 1. The van der Waals surface area contributed by atoms with Crippen molar-refractivity contribution in [3.8, 4) is 0 Å². The first-order valence-corrected chi connectivity index (χ1v) is 11.8. The molecule has 0 atom stereocenters. The molecule has 1 N–H and O–H groups in total. The second kappa shape index (κ2) is 9.99. The van der Waals surface area contributed by atoms with Gasteiger partial charge < -0.3 is 3.53 Å². The van der Waals surface area contributed by atoms with Crippen molar-refractivity contribution in [1.82, 2.24) is 0 Å². The Morgan fingerprint density at radius 3 is 2.32 bits per heavy atom. The third kappa shape index (κ3) is 5.52. The lowest BCUT2D eigenvalue weighted by Gasteiger charge is -2.10. The molecule has 0 heterocycles. The fourth-order valence-corrected chi connectivity index (χ4v) is 4.90. The van der Waals surface area contributed by atoms with Crippen LogP contribution in [0.2, 0.25) is 5.02 Å². The third-order valence-corrected chi connectivity index (χ3v) is 6.84. The van der Waals surface area contributed by atoms with Gasteiger partial charge in [0, 0.05) is 22.6 Å². The van der Waals surface area contributed by atoms with Gasteiger partial charge in [-0.2, -0.15) is 0 Å². The third-order valence-electron chi connectivity index (χ3n) is 4.45. The molecule has 0 aliphatic heterocycles. The summed E-state index contributed by atoms with van der Waals surface area (Å²) in [5, 5.41) is 0.569. The summed E-state index contributed by atoms with van der Waals surface area (Å²) in [5.41, 5.74) is 4.83. The van der Waals surface area contributed by atoms with Crippen molar-refractivity contribution in [3.63, 3.8) is 0 Å². The molecule has 28 heavy (non-hydrogen) atoms. The number of benzene rings is 3. The van der Waals surface area contributed by atoms with E-state index in [4.69, 9.17) is 11.6 Å². The summed E-state index contributed by atoms with van der Waals surface area (Å²) in [6, 6.07) is 23.6. The van der Waals surface area contributed by atoms with Gasteiger partial charge >= 0.3 is 0 Å².